The second kappa shape index (κ2) is 5.11. The highest BCUT2D eigenvalue weighted by molar-refractivity contribution is 5.82. The number of nitrogens with zero attached hydrogens (tertiary/aromatic N) is 1. The number of hydrogen-bond donors (Lipinski definition) is 2. The zero-order valence-electron chi connectivity index (χ0n) is 9.19. The maximum atomic E-state index is 11.5. The van der Waals surface area contributed by atoms with Gasteiger partial charge < -0.3 is 10.4 Å². The van der Waals surface area contributed by atoms with E-state index in [9.17, 15) is 9.59 Å². The molecule has 1 fully saturated rings. The molecule has 86 valence electrons. The molecule has 0 bridgehead atoms. The molecule has 0 radical (unpaired) electrons. The normalized spacial score (nSPS) is 24.7. The van der Waals surface area contributed by atoms with E-state index in [0.717, 1.165) is 13.0 Å². The number of carboxylic acids is 1. The average molecular weight is 214 g/mol. The van der Waals surface area contributed by atoms with Crippen LogP contribution in [0.4, 0.5) is 0 Å². The Labute approximate surface area is 89.4 Å². The van der Waals surface area contributed by atoms with Crippen LogP contribution in [0.3, 0.4) is 0 Å². The monoisotopic (exact) mass is 214 g/mol. The molecule has 0 aromatic heterocycles. The molecule has 0 aliphatic carbocycles. The molecule has 2 N–H and O–H groups in total. The zero-order chi connectivity index (χ0) is 11.4. The second-order valence-electron chi connectivity index (χ2n) is 3.95. The van der Waals surface area contributed by atoms with Gasteiger partial charge in [0.2, 0.25) is 5.91 Å². The first kappa shape index (κ1) is 12.0. The topological polar surface area (TPSA) is 69.6 Å². The summed E-state index contributed by atoms with van der Waals surface area (Å²) in [6.45, 7) is 5.40. The zero-order valence-corrected chi connectivity index (χ0v) is 9.19. The second-order valence-corrected chi connectivity index (χ2v) is 3.95. The van der Waals surface area contributed by atoms with Crippen molar-refractivity contribution in [2.45, 2.75) is 26.3 Å². The number of hydrogen-bond acceptors (Lipinski definition) is 3. The lowest BCUT2D eigenvalue weighted by Crippen LogP contribution is -2.56. The van der Waals surface area contributed by atoms with E-state index in [2.05, 4.69) is 5.32 Å². The summed E-state index contributed by atoms with van der Waals surface area (Å²) in [6.07, 6.45) is 0.720. The van der Waals surface area contributed by atoms with Gasteiger partial charge in [-0.25, -0.2) is 0 Å². The van der Waals surface area contributed by atoms with Crippen molar-refractivity contribution < 1.29 is 14.7 Å². The highest BCUT2D eigenvalue weighted by atomic mass is 16.4. The lowest BCUT2D eigenvalue weighted by Gasteiger charge is -2.35. The van der Waals surface area contributed by atoms with Crippen LogP contribution in [0.2, 0.25) is 0 Å². The fraction of sp³-hybridized carbons (Fsp3) is 0.800. The van der Waals surface area contributed by atoms with Crippen LogP contribution < -0.4 is 5.32 Å². The van der Waals surface area contributed by atoms with E-state index in [-0.39, 0.29) is 11.9 Å². The van der Waals surface area contributed by atoms with Crippen LogP contribution in [0.1, 0.15) is 20.3 Å². The highest BCUT2D eigenvalue weighted by Crippen LogP contribution is 2.11. The molecule has 0 spiro atoms. The van der Waals surface area contributed by atoms with Crippen molar-refractivity contribution in [3.8, 4) is 0 Å². The van der Waals surface area contributed by atoms with Crippen LogP contribution in [-0.4, -0.2) is 47.6 Å². The number of carbonyl (C=O) groups is 2. The molecule has 0 aromatic carbocycles. The quantitative estimate of drug-likeness (QED) is 0.686. The van der Waals surface area contributed by atoms with Crippen molar-refractivity contribution in [1.82, 2.24) is 10.2 Å². The molecule has 0 saturated carbocycles. The van der Waals surface area contributed by atoms with Gasteiger partial charge in [-0.15, -0.1) is 0 Å². The highest BCUT2D eigenvalue weighted by Gasteiger charge is 2.29. The Morgan fingerprint density at radius 3 is 2.93 bits per heavy atom. The Balaban J connectivity index is 2.58. The number of piperazine rings is 1. The molecule has 1 aliphatic heterocycles. The number of aliphatic carboxylic acids is 1. The Kier molecular flexibility index (Phi) is 4.08. The first-order valence-corrected chi connectivity index (χ1v) is 5.30. The maximum absolute atomic E-state index is 11.5. The maximum Gasteiger partial charge on any atom is 0.307 e. The Morgan fingerprint density at radius 1 is 1.73 bits per heavy atom. The van der Waals surface area contributed by atoms with Crippen LogP contribution in [-0.2, 0) is 9.59 Å². The molecule has 1 aliphatic rings. The third-order valence-electron chi connectivity index (χ3n) is 2.76. The predicted octanol–water partition coefficient (Wildman–Crippen LogP) is -0.0825. The van der Waals surface area contributed by atoms with Crippen LogP contribution in [0.25, 0.3) is 0 Å². The van der Waals surface area contributed by atoms with E-state index in [1.54, 1.807) is 6.92 Å². The summed E-state index contributed by atoms with van der Waals surface area (Å²) in [7, 11) is 0. The molecule has 1 rings (SSSR count). The van der Waals surface area contributed by atoms with E-state index < -0.39 is 11.9 Å². The molecule has 15 heavy (non-hydrogen) atoms. The van der Waals surface area contributed by atoms with Crippen LogP contribution in [0.15, 0.2) is 0 Å². The summed E-state index contributed by atoms with van der Waals surface area (Å²) in [5, 5.41) is 11.6. The molecular weight excluding hydrogens is 196 g/mol. The number of rotatable bonds is 4. The minimum Gasteiger partial charge on any atom is -0.481 e. The lowest BCUT2D eigenvalue weighted by atomic mass is 10.1. The summed E-state index contributed by atoms with van der Waals surface area (Å²) in [5.74, 6) is -1.22. The molecule has 0 aromatic rings. The van der Waals surface area contributed by atoms with Crippen LogP contribution >= 0.6 is 0 Å². The fourth-order valence-electron chi connectivity index (χ4n) is 1.85. The van der Waals surface area contributed by atoms with Gasteiger partial charge in [-0.1, -0.05) is 13.8 Å². The minimum atomic E-state index is -0.809. The molecule has 5 heteroatoms. The van der Waals surface area contributed by atoms with E-state index in [4.69, 9.17) is 5.11 Å². The number of carbonyl (C=O) groups excluding carboxylic acids is 1. The van der Waals surface area contributed by atoms with E-state index >= 15 is 0 Å². The molecule has 2 unspecified atom stereocenters. The van der Waals surface area contributed by atoms with Crippen molar-refractivity contribution in [2.24, 2.45) is 5.92 Å². The van der Waals surface area contributed by atoms with Crippen molar-refractivity contribution in [1.29, 1.82) is 0 Å². The Morgan fingerprint density at radius 2 is 2.40 bits per heavy atom. The molecule has 5 nitrogen and oxygen atoms in total. The van der Waals surface area contributed by atoms with Crippen molar-refractivity contribution in [2.75, 3.05) is 19.6 Å². The van der Waals surface area contributed by atoms with Crippen LogP contribution in [0, 0.1) is 5.92 Å². The van der Waals surface area contributed by atoms with E-state index in [1.807, 2.05) is 11.8 Å². The first-order chi connectivity index (χ1) is 7.06. The van der Waals surface area contributed by atoms with Gasteiger partial charge in [-0.3, -0.25) is 14.5 Å². The molecular formula is C10H18N2O3. The summed E-state index contributed by atoms with van der Waals surface area (Å²) < 4.78 is 0. The minimum absolute atomic E-state index is 0.0151. The van der Waals surface area contributed by atoms with Crippen LogP contribution in [0.5, 0.6) is 0 Å². The standard InChI is InChI=1S/C10H18N2O3/c1-3-8-9(13)11-4-5-12(8)6-7(2)10(14)15/h7-8H,3-6H2,1-2H3,(H,11,13)(H,14,15). The summed E-state index contributed by atoms with van der Waals surface area (Å²) in [4.78, 5) is 24.2. The molecule has 1 amide bonds. The van der Waals surface area contributed by atoms with Gasteiger partial charge >= 0.3 is 5.97 Å². The average Bonchev–Trinajstić information content (AvgIpc) is 2.18. The summed E-state index contributed by atoms with van der Waals surface area (Å²) in [5.41, 5.74) is 0. The summed E-state index contributed by atoms with van der Waals surface area (Å²) in [6, 6.07) is -0.166. The third kappa shape index (κ3) is 2.92. The number of amides is 1. The summed E-state index contributed by atoms with van der Waals surface area (Å²) >= 11 is 0. The Bertz CT molecular complexity index is 255. The van der Waals surface area contributed by atoms with Crippen molar-refractivity contribution >= 4 is 11.9 Å². The van der Waals surface area contributed by atoms with Crippen molar-refractivity contribution in [3.05, 3.63) is 0 Å². The number of carboxylic acid groups (broad SMARTS) is 1. The Hall–Kier alpha value is -1.10. The lowest BCUT2D eigenvalue weighted by molar-refractivity contribution is -0.143. The van der Waals surface area contributed by atoms with Gasteiger partial charge in [0.1, 0.15) is 0 Å². The van der Waals surface area contributed by atoms with E-state index in [1.165, 1.54) is 0 Å². The fourth-order valence-corrected chi connectivity index (χ4v) is 1.85. The van der Waals surface area contributed by atoms with Gasteiger partial charge in [-0.05, 0) is 6.42 Å². The molecule has 1 saturated heterocycles. The van der Waals surface area contributed by atoms with Gasteiger partial charge in [0.25, 0.3) is 0 Å². The largest absolute Gasteiger partial charge is 0.481 e. The molecule has 1 heterocycles. The smallest absolute Gasteiger partial charge is 0.307 e. The third-order valence-corrected chi connectivity index (χ3v) is 2.76. The first-order valence-electron chi connectivity index (χ1n) is 5.30. The van der Waals surface area contributed by atoms with Gasteiger partial charge in [0.15, 0.2) is 0 Å². The van der Waals surface area contributed by atoms with Crippen molar-refractivity contribution in [3.63, 3.8) is 0 Å². The number of nitrogens with one attached hydrogen (secondary N) is 1. The predicted molar refractivity (Wildman–Crippen MR) is 55.5 cm³/mol. The van der Waals surface area contributed by atoms with Gasteiger partial charge in [-0.2, -0.15) is 0 Å². The van der Waals surface area contributed by atoms with Gasteiger partial charge in [0.05, 0.1) is 12.0 Å². The molecule has 2 atom stereocenters. The van der Waals surface area contributed by atoms with E-state index in [0.29, 0.717) is 13.1 Å². The SMILES string of the molecule is CCC1C(=O)NCCN1CC(C)C(=O)O. The van der Waals surface area contributed by atoms with Gasteiger partial charge in [0, 0.05) is 19.6 Å².